The Morgan fingerprint density at radius 2 is 1.91 bits per heavy atom. The van der Waals surface area contributed by atoms with E-state index in [9.17, 15) is 14.4 Å². The van der Waals surface area contributed by atoms with Crippen LogP contribution in [0.1, 0.15) is 40.9 Å². The zero-order chi connectivity index (χ0) is 25.3. The van der Waals surface area contributed by atoms with Gasteiger partial charge in [-0.2, -0.15) is 14.2 Å². The lowest BCUT2D eigenvalue weighted by Crippen LogP contribution is -2.31. The summed E-state index contributed by atoms with van der Waals surface area (Å²) in [5.41, 5.74) is 0.381. The molecule has 0 unspecified atom stereocenters. The summed E-state index contributed by atoms with van der Waals surface area (Å²) in [7, 11) is 1.88. The zero-order valence-corrected chi connectivity index (χ0v) is 22.1. The van der Waals surface area contributed by atoms with Gasteiger partial charge in [-0.1, -0.05) is 32.4 Å². The highest BCUT2D eigenvalue weighted by Crippen LogP contribution is 2.29. The zero-order valence-electron chi connectivity index (χ0n) is 19.7. The molecule has 4 rings (SSSR count). The molecule has 0 aliphatic carbocycles. The van der Waals surface area contributed by atoms with E-state index in [0.29, 0.717) is 33.7 Å². The molecular formula is C24H24ClN5O3S2. The third-order valence-electron chi connectivity index (χ3n) is 5.27. The summed E-state index contributed by atoms with van der Waals surface area (Å²) in [5, 5.41) is 6.28. The van der Waals surface area contributed by atoms with Crippen molar-refractivity contribution in [2.75, 3.05) is 11.9 Å². The molecule has 35 heavy (non-hydrogen) atoms. The highest BCUT2D eigenvalue weighted by atomic mass is 35.5. The lowest BCUT2D eigenvalue weighted by atomic mass is 9.96. The third-order valence-corrected chi connectivity index (χ3v) is 7.04. The van der Waals surface area contributed by atoms with Gasteiger partial charge in [0.2, 0.25) is 5.78 Å². The summed E-state index contributed by atoms with van der Waals surface area (Å²) < 4.78 is 7.44. The van der Waals surface area contributed by atoms with Gasteiger partial charge < -0.3 is 9.47 Å². The molecule has 0 saturated heterocycles. The number of carbonyl (C=O) groups excluding carboxylic acids is 2. The SMILES string of the molecule is CN(Cc1ccc(Cl)s1)c1cc(-c2ccn(CC(=O)c3ccsn3)c(=O)c2)nn1C(=O)C(C)(C)C. The monoisotopic (exact) mass is 529 g/mol. The van der Waals surface area contributed by atoms with Crippen molar-refractivity contribution in [1.82, 2.24) is 18.7 Å². The van der Waals surface area contributed by atoms with Crippen LogP contribution in [0.3, 0.4) is 0 Å². The summed E-state index contributed by atoms with van der Waals surface area (Å²) in [6.45, 7) is 5.94. The molecule has 11 heteroatoms. The largest absolute Gasteiger partial charge is 0.354 e. The average Bonchev–Trinajstić information content (AvgIpc) is 3.55. The van der Waals surface area contributed by atoms with E-state index in [1.54, 1.807) is 29.8 Å². The predicted molar refractivity (Wildman–Crippen MR) is 140 cm³/mol. The Hall–Kier alpha value is -3.08. The second kappa shape index (κ2) is 9.88. The molecule has 0 radical (unpaired) electrons. The molecule has 0 atom stereocenters. The van der Waals surface area contributed by atoms with Crippen LogP contribution in [-0.4, -0.2) is 37.5 Å². The van der Waals surface area contributed by atoms with Crippen LogP contribution in [0.25, 0.3) is 11.3 Å². The Morgan fingerprint density at radius 3 is 2.51 bits per heavy atom. The minimum atomic E-state index is -0.662. The molecule has 4 aromatic heterocycles. The van der Waals surface area contributed by atoms with E-state index < -0.39 is 5.41 Å². The first-order valence-corrected chi connectivity index (χ1v) is 12.8. The summed E-state index contributed by atoms with van der Waals surface area (Å²) in [6.07, 6.45) is 1.56. The van der Waals surface area contributed by atoms with Gasteiger partial charge in [-0.3, -0.25) is 14.4 Å². The molecule has 0 bridgehead atoms. The van der Waals surface area contributed by atoms with Crippen molar-refractivity contribution in [1.29, 1.82) is 0 Å². The maximum absolute atomic E-state index is 13.2. The molecule has 182 valence electrons. The predicted octanol–water partition coefficient (Wildman–Crippen LogP) is 5.09. The number of anilines is 1. The van der Waals surface area contributed by atoms with Gasteiger partial charge in [0, 0.05) is 46.6 Å². The van der Waals surface area contributed by atoms with Gasteiger partial charge in [-0.05, 0) is 35.8 Å². The first-order chi connectivity index (χ1) is 16.5. The van der Waals surface area contributed by atoms with Crippen molar-refractivity contribution in [3.8, 4) is 11.3 Å². The van der Waals surface area contributed by atoms with Crippen LogP contribution < -0.4 is 10.5 Å². The van der Waals surface area contributed by atoms with Gasteiger partial charge in [0.05, 0.1) is 23.1 Å². The first-order valence-electron chi connectivity index (χ1n) is 10.8. The number of halogens is 1. The molecule has 0 fully saturated rings. The molecule has 0 saturated carbocycles. The second-order valence-corrected chi connectivity index (χ2v) is 11.6. The van der Waals surface area contributed by atoms with Crippen molar-refractivity contribution in [2.45, 2.75) is 33.9 Å². The molecule has 8 nitrogen and oxygen atoms in total. The normalized spacial score (nSPS) is 11.6. The Bertz CT molecular complexity index is 1430. The van der Waals surface area contributed by atoms with Crippen molar-refractivity contribution in [3.05, 3.63) is 73.2 Å². The Labute approximate surface area is 215 Å². The average molecular weight is 530 g/mol. The molecule has 0 aromatic carbocycles. The number of hydrogen-bond donors (Lipinski definition) is 0. The molecule has 0 spiro atoms. The van der Waals surface area contributed by atoms with Crippen molar-refractivity contribution >= 4 is 52.0 Å². The molecular weight excluding hydrogens is 506 g/mol. The Morgan fingerprint density at radius 1 is 1.14 bits per heavy atom. The maximum Gasteiger partial charge on any atom is 0.254 e. The summed E-state index contributed by atoms with van der Waals surface area (Å²) >= 11 is 8.74. The van der Waals surface area contributed by atoms with Gasteiger partial charge in [-0.25, -0.2) is 0 Å². The van der Waals surface area contributed by atoms with E-state index >= 15 is 0 Å². The van der Waals surface area contributed by atoms with Crippen molar-refractivity contribution in [2.24, 2.45) is 5.41 Å². The van der Waals surface area contributed by atoms with E-state index in [0.717, 1.165) is 4.88 Å². The standard InChI is InChI=1S/C24H24ClN5O3S2/c1-24(2,3)23(33)30-21(28(4)13-16-5-6-20(25)35-16)12-18(26-30)15-7-9-29(22(32)11-15)14-19(31)17-8-10-34-27-17/h5-12H,13-14H2,1-4H3. The van der Waals surface area contributed by atoms with Crippen molar-refractivity contribution in [3.63, 3.8) is 0 Å². The number of aromatic nitrogens is 4. The van der Waals surface area contributed by atoms with E-state index in [1.807, 2.05) is 44.9 Å². The number of pyridine rings is 1. The van der Waals surface area contributed by atoms with Gasteiger partial charge in [0.1, 0.15) is 11.5 Å². The summed E-state index contributed by atoms with van der Waals surface area (Å²) in [6, 6.07) is 10.3. The fraction of sp³-hybridized carbons (Fsp3) is 0.292. The third kappa shape index (κ3) is 5.61. The number of carbonyl (C=O) groups is 2. The van der Waals surface area contributed by atoms with Crippen LogP contribution in [0.5, 0.6) is 0 Å². The molecule has 0 amide bonds. The molecule has 4 aromatic rings. The van der Waals surface area contributed by atoms with E-state index in [1.165, 1.54) is 38.2 Å². The maximum atomic E-state index is 13.2. The van der Waals surface area contributed by atoms with Crippen LogP contribution in [0.4, 0.5) is 5.82 Å². The molecule has 0 aliphatic heterocycles. The fourth-order valence-corrected chi connectivity index (χ4v) is 5.06. The van der Waals surface area contributed by atoms with Crippen molar-refractivity contribution < 1.29 is 9.59 Å². The number of hydrogen-bond acceptors (Lipinski definition) is 8. The Kier molecular flexibility index (Phi) is 7.07. The first kappa shape index (κ1) is 25.0. The summed E-state index contributed by atoms with van der Waals surface area (Å²) in [5.74, 6) is 0.197. The molecule has 0 N–H and O–H groups in total. The molecule has 4 heterocycles. The number of thiophene rings is 1. The van der Waals surface area contributed by atoms with E-state index in [2.05, 4.69) is 9.47 Å². The van der Waals surface area contributed by atoms with Crippen LogP contribution in [0.2, 0.25) is 4.34 Å². The fourth-order valence-electron chi connectivity index (χ4n) is 3.39. The number of ketones is 1. The van der Waals surface area contributed by atoms with E-state index in [-0.39, 0.29) is 23.8 Å². The summed E-state index contributed by atoms with van der Waals surface area (Å²) in [4.78, 5) is 41.3. The minimum Gasteiger partial charge on any atom is -0.354 e. The number of Topliss-reactive ketones (excluding diaryl/α,β-unsaturated/α-hetero) is 1. The second-order valence-electron chi connectivity index (χ2n) is 9.11. The number of rotatable bonds is 7. The van der Waals surface area contributed by atoms with Crippen LogP contribution >= 0.6 is 34.5 Å². The lowest BCUT2D eigenvalue weighted by Gasteiger charge is -2.22. The smallest absolute Gasteiger partial charge is 0.254 e. The van der Waals surface area contributed by atoms with Gasteiger partial charge in [-0.15, -0.1) is 11.3 Å². The van der Waals surface area contributed by atoms with Gasteiger partial charge in [0.25, 0.3) is 11.5 Å². The quantitative estimate of drug-likeness (QED) is 0.310. The van der Waals surface area contributed by atoms with Crippen LogP contribution in [-0.2, 0) is 13.1 Å². The van der Waals surface area contributed by atoms with E-state index in [4.69, 9.17) is 11.6 Å². The van der Waals surface area contributed by atoms with Gasteiger partial charge in [0.15, 0.2) is 0 Å². The Balaban J connectivity index is 1.66. The molecule has 0 aliphatic rings. The lowest BCUT2D eigenvalue weighted by molar-refractivity contribution is 0.0751. The highest BCUT2D eigenvalue weighted by Gasteiger charge is 2.28. The van der Waals surface area contributed by atoms with Crippen LogP contribution in [0, 0.1) is 5.41 Å². The number of nitrogens with zero attached hydrogens (tertiary/aromatic N) is 5. The van der Waals surface area contributed by atoms with Crippen LogP contribution in [0.15, 0.2) is 52.8 Å². The minimum absolute atomic E-state index is 0.100. The highest BCUT2D eigenvalue weighted by molar-refractivity contribution is 7.16. The van der Waals surface area contributed by atoms with Gasteiger partial charge >= 0.3 is 0 Å². The topological polar surface area (TPSA) is 90.1 Å².